The van der Waals surface area contributed by atoms with Crippen LogP contribution in [-0.2, 0) is 23.2 Å². The van der Waals surface area contributed by atoms with Crippen LogP contribution in [0.5, 0.6) is 0 Å². The Kier molecular flexibility index (Phi) is 8.95. The average molecular weight is 307 g/mol. The lowest BCUT2D eigenvalue weighted by atomic mass is 10.5. The number of hydrogen-bond acceptors (Lipinski definition) is 5. The van der Waals surface area contributed by atoms with Gasteiger partial charge in [0.1, 0.15) is 0 Å². The molecule has 0 saturated carbocycles. The van der Waals surface area contributed by atoms with Crippen LogP contribution in [0.25, 0.3) is 0 Å². The highest BCUT2D eigenvalue weighted by Crippen LogP contribution is 2.23. The average Bonchev–Trinajstić information content (AvgIpc) is 2.29. The summed E-state index contributed by atoms with van der Waals surface area (Å²) in [5, 5.41) is 0. The lowest BCUT2D eigenvalue weighted by Gasteiger charge is -2.34. The van der Waals surface area contributed by atoms with Crippen molar-refractivity contribution in [2.45, 2.75) is 51.1 Å². The van der Waals surface area contributed by atoms with Gasteiger partial charge in [0.15, 0.2) is 16.6 Å². The van der Waals surface area contributed by atoms with Gasteiger partial charge in [0.25, 0.3) is 12.9 Å². The van der Waals surface area contributed by atoms with Gasteiger partial charge in [0.05, 0.1) is 13.2 Å². The molecular weight excluding hydrogens is 280 g/mol. The number of carbonyl (C=O) groups is 2. The van der Waals surface area contributed by atoms with Gasteiger partial charge in [-0.2, -0.15) is 0 Å². The van der Waals surface area contributed by atoms with E-state index in [0.29, 0.717) is 26.2 Å². The molecule has 0 heterocycles. The van der Waals surface area contributed by atoms with E-state index >= 15 is 0 Å². The van der Waals surface area contributed by atoms with E-state index in [1.807, 2.05) is 0 Å². The standard InChI is InChI=1S/C12H26O5Si2/c1-18(2,9-5-7-15-11-13)17-19(3,4)10-6-8-16-12-14/h11-12H,5-10H2,1-4H3. The number of rotatable bonds is 12. The van der Waals surface area contributed by atoms with Crippen molar-refractivity contribution in [3.63, 3.8) is 0 Å². The molecule has 112 valence electrons. The number of carbonyl (C=O) groups excluding carboxylic acids is 2. The lowest BCUT2D eigenvalue weighted by Crippen LogP contribution is -2.44. The summed E-state index contributed by atoms with van der Waals surface area (Å²) in [6.45, 7) is 10.7. The molecule has 19 heavy (non-hydrogen) atoms. The Morgan fingerprint density at radius 3 is 1.47 bits per heavy atom. The van der Waals surface area contributed by atoms with E-state index in [4.69, 9.17) is 13.6 Å². The Balaban J connectivity index is 3.99. The highest BCUT2D eigenvalue weighted by atomic mass is 28.4. The molecule has 0 aromatic rings. The van der Waals surface area contributed by atoms with Crippen molar-refractivity contribution in [3.05, 3.63) is 0 Å². The zero-order valence-electron chi connectivity index (χ0n) is 12.4. The van der Waals surface area contributed by atoms with Crippen LogP contribution in [0, 0.1) is 0 Å². The summed E-state index contributed by atoms with van der Waals surface area (Å²) in [5.41, 5.74) is 0. The van der Waals surface area contributed by atoms with Crippen LogP contribution in [0.2, 0.25) is 38.3 Å². The van der Waals surface area contributed by atoms with Gasteiger partial charge in [-0.15, -0.1) is 0 Å². The van der Waals surface area contributed by atoms with Crippen molar-refractivity contribution in [3.8, 4) is 0 Å². The van der Waals surface area contributed by atoms with Gasteiger partial charge in [-0.25, -0.2) is 0 Å². The molecule has 0 aromatic heterocycles. The first-order valence-corrected chi connectivity index (χ1v) is 12.9. The zero-order valence-corrected chi connectivity index (χ0v) is 14.4. The normalized spacial score (nSPS) is 12.0. The predicted molar refractivity (Wildman–Crippen MR) is 78.9 cm³/mol. The highest BCUT2D eigenvalue weighted by molar-refractivity contribution is 6.84. The Bertz CT molecular complexity index is 243. The fraction of sp³-hybridized carbons (Fsp3) is 0.833. The van der Waals surface area contributed by atoms with Crippen molar-refractivity contribution >= 4 is 29.6 Å². The minimum Gasteiger partial charge on any atom is -0.468 e. The molecule has 0 aliphatic rings. The Labute approximate surface area is 117 Å². The first kappa shape index (κ1) is 18.3. The van der Waals surface area contributed by atoms with E-state index in [9.17, 15) is 9.59 Å². The van der Waals surface area contributed by atoms with Crippen LogP contribution < -0.4 is 0 Å². The third-order valence-electron chi connectivity index (χ3n) is 2.77. The van der Waals surface area contributed by atoms with E-state index in [1.54, 1.807) is 0 Å². The fourth-order valence-corrected chi connectivity index (χ4v) is 10.9. The van der Waals surface area contributed by atoms with E-state index in [1.165, 1.54) is 0 Å². The van der Waals surface area contributed by atoms with Gasteiger partial charge in [-0.05, 0) is 51.1 Å². The highest BCUT2D eigenvalue weighted by Gasteiger charge is 2.32. The van der Waals surface area contributed by atoms with Crippen molar-refractivity contribution in [2.24, 2.45) is 0 Å². The van der Waals surface area contributed by atoms with Crippen LogP contribution in [0.3, 0.4) is 0 Å². The molecule has 7 heteroatoms. The maximum atomic E-state index is 10.1. The van der Waals surface area contributed by atoms with Gasteiger partial charge in [0.2, 0.25) is 0 Å². The molecule has 0 unspecified atom stereocenters. The van der Waals surface area contributed by atoms with E-state index < -0.39 is 16.6 Å². The van der Waals surface area contributed by atoms with Crippen molar-refractivity contribution < 1.29 is 23.2 Å². The summed E-state index contributed by atoms with van der Waals surface area (Å²) >= 11 is 0. The summed E-state index contributed by atoms with van der Waals surface area (Å²) in [6.07, 6.45) is 1.72. The second-order valence-electron chi connectivity index (χ2n) is 5.76. The van der Waals surface area contributed by atoms with Crippen molar-refractivity contribution in [1.82, 2.24) is 0 Å². The molecule has 0 bridgehead atoms. The Morgan fingerprint density at radius 1 is 0.789 bits per heavy atom. The van der Waals surface area contributed by atoms with Crippen LogP contribution >= 0.6 is 0 Å². The molecule has 0 amide bonds. The second-order valence-corrected chi connectivity index (χ2v) is 14.6. The van der Waals surface area contributed by atoms with E-state index in [-0.39, 0.29) is 0 Å². The van der Waals surface area contributed by atoms with Crippen LogP contribution in [0.1, 0.15) is 12.8 Å². The predicted octanol–water partition coefficient (Wildman–Crippen LogP) is 2.54. The van der Waals surface area contributed by atoms with Crippen LogP contribution in [0.4, 0.5) is 0 Å². The fourth-order valence-electron chi connectivity index (χ4n) is 2.11. The molecule has 0 radical (unpaired) electrons. The Morgan fingerprint density at radius 2 is 1.16 bits per heavy atom. The van der Waals surface area contributed by atoms with Crippen molar-refractivity contribution in [1.29, 1.82) is 0 Å². The first-order chi connectivity index (χ1) is 8.83. The molecule has 0 N–H and O–H groups in total. The van der Waals surface area contributed by atoms with Gasteiger partial charge in [-0.3, -0.25) is 9.59 Å². The van der Waals surface area contributed by atoms with Gasteiger partial charge < -0.3 is 13.6 Å². The maximum Gasteiger partial charge on any atom is 0.293 e. The quantitative estimate of drug-likeness (QED) is 0.315. The summed E-state index contributed by atoms with van der Waals surface area (Å²) in [5.74, 6) is 0. The summed E-state index contributed by atoms with van der Waals surface area (Å²) in [6, 6.07) is 1.98. The van der Waals surface area contributed by atoms with Crippen molar-refractivity contribution in [2.75, 3.05) is 13.2 Å². The molecule has 0 aromatic carbocycles. The minimum absolute atomic E-state index is 0.471. The monoisotopic (exact) mass is 306 g/mol. The second kappa shape index (κ2) is 9.27. The van der Waals surface area contributed by atoms with Crippen LogP contribution in [0.15, 0.2) is 0 Å². The third-order valence-corrected chi connectivity index (χ3v) is 10.3. The first-order valence-electron chi connectivity index (χ1n) is 6.64. The molecule has 0 atom stereocenters. The largest absolute Gasteiger partial charge is 0.468 e. The molecule has 5 nitrogen and oxygen atoms in total. The van der Waals surface area contributed by atoms with Gasteiger partial charge in [-0.1, -0.05) is 0 Å². The number of ether oxygens (including phenoxy) is 2. The maximum absolute atomic E-state index is 10.1. The zero-order chi connectivity index (χ0) is 14.8. The van der Waals surface area contributed by atoms with Gasteiger partial charge in [0, 0.05) is 0 Å². The molecule has 0 fully saturated rings. The summed E-state index contributed by atoms with van der Waals surface area (Å²) in [4.78, 5) is 20.1. The summed E-state index contributed by atoms with van der Waals surface area (Å²) in [7, 11) is -3.40. The third kappa shape index (κ3) is 10.9. The number of hydrogen-bond donors (Lipinski definition) is 0. The molecule has 0 rings (SSSR count). The Hall–Kier alpha value is -0.666. The van der Waals surface area contributed by atoms with Gasteiger partial charge >= 0.3 is 0 Å². The molecule has 0 spiro atoms. The molecule has 0 saturated heterocycles. The molecule has 0 aliphatic heterocycles. The van der Waals surface area contributed by atoms with E-state index in [0.717, 1.165) is 24.9 Å². The van der Waals surface area contributed by atoms with E-state index in [2.05, 4.69) is 26.2 Å². The topological polar surface area (TPSA) is 61.8 Å². The summed E-state index contributed by atoms with van der Waals surface area (Å²) < 4.78 is 15.8. The minimum atomic E-state index is -1.70. The molecule has 0 aliphatic carbocycles. The van der Waals surface area contributed by atoms with Crippen LogP contribution in [-0.4, -0.2) is 42.8 Å². The lowest BCUT2D eigenvalue weighted by molar-refractivity contribution is -0.129. The SMILES string of the molecule is C[Si](C)(CCCOC=O)O[Si](C)(C)CCCOC=O. The smallest absolute Gasteiger partial charge is 0.293 e. The molecular formula is C12H26O5Si2.